The van der Waals surface area contributed by atoms with Crippen molar-refractivity contribution in [2.75, 3.05) is 7.11 Å². The number of methoxy groups -OCH3 is 1. The third kappa shape index (κ3) is 2.63. The second-order valence-corrected chi connectivity index (χ2v) is 8.84. The van der Waals surface area contributed by atoms with Gasteiger partial charge in [0, 0.05) is 12.5 Å². The van der Waals surface area contributed by atoms with Gasteiger partial charge < -0.3 is 39.1 Å². The van der Waals surface area contributed by atoms with Gasteiger partial charge in [0.1, 0.15) is 16.9 Å². The highest BCUT2D eigenvalue weighted by molar-refractivity contribution is 6.29. The number of hydrogen-bond acceptors (Lipinski definition) is 11. The van der Waals surface area contributed by atoms with Gasteiger partial charge in [-0.2, -0.15) is 0 Å². The van der Waals surface area contributed by atoms with Crippen molar-refractivity contribution in [2.45, 2.75) is 31.7 Å². The largest absolute Gasteiger partial charge is 0.507 e. The highest BCUT2D eigenvalue weighted by atomic mass is 16.7. The molecule has 3 aliphatic rings. The van der Waals surface area contributed by atoms with E-state index in [1.165, 1.54) is 7.11 Å². The molecule has 2 atom stereocenters. The molecule has 1 aliphatic carbocycles. The SMILES string of the molecule is COc1cc(O)c2c(c1O)C(=O)C1=C(C2=O)C(O)C2(CCc3cc4cc(C)oc(=O)c4c(O)c3O2)O1. The topological polar surface area (TPSA) is 173 Å². The second kappa shape index (κ2) is 7.01. The molecule has 0 fully saturated rings. The maximum absolute atomic E-state index is 13.3. The van der Waals surface area contributed by atoms with Crippen molar-refractivity contribution < 1.29 is 48.6 Å². The van der Waals surface area contributed by atoms with Crippen LogP contribution in [0.25, 0.3) is 10.8 Å². The lowest BCUT2D eigenvalue weighted by atomic mass is 9.83. The highest BCUT2D eigenvalue weighted by Crippen LogP contribution is 2.52. The number of phenolic OH excluding ortho intramolecular Hbond substituents is 3. The van der Waals surface area contributed by atoms with Crippen LogP contribution >= 0.6 is 0 Å². The molecule has 11 nitrogen and oxygen atoms in total. The first kappa shape index (κ1) is 22.0. The number of ketones is 2. The van der Waals surface area contributed by atoms with Gasteiger partial charge in [0.05, 0.1) is 23.8 Å². The van der Waals surface area contributed by atoms with E-state index in [0.717, 1.165) is 6.07 Å². The molecule has 2 unspecified atom stereocenters. The number of rotatable bonds is 1. The van der Waals surface area contributed by atoms with E-state index in [-0.39, 0.29) is 29.7 Å². The lowest BCUT2D eigenvalue weighted by molar-refractivity contribution is -0.195. The third-order valence-electron chi connectivity index (χ3n) is 6.77. The number of Topliss-reactive ketones (excluding diaryl/α,β-unsaturated/α-hetero) is 2. The summed E-state index contributed by atoms with van der Waals surface area (Å²) in [5.74, 6) is -6.31. The Hall–Kier alpha value is -4.51. The van der Waals surface area contributed by atoms with Gasteiger partial charge in [-0.25, -0.2) is 4.79 Å². The normalized spacial score (nSPS) is 22.2. The molecule has 0 radical (unpaired) electrons. The maximum atomic E-state index is 13.3. The number of aliphatic hydroxyl groups is 1. The van der Waals surface area contributed by atoms with Crippen LogP contribution in [0.3, 0.4) is 0 Å². The number of hydrogen-bond donors (Lipinski definition) is 4. The Bertz CT molecular complexity index is 1640. The Morgan fingerprint density at radius 1 is 1.00 bits per heavy atom. The molecule has 0 amide bonds. The average Bonchev–Trinajstić information content (AvgIpc) is 3.11. The third-order valence-corrected chi connectivity index (χ3v) is 6.77. The predicted molar refractivity (Wildman–Crippen MR) is 120 cm³/mol. The van der Waals surface area contributed by atoms with Crippen LogP contribution in [-0.4, -0.2) is 51.0 Å². The molecule has 36 heavy (non-hydrogen) atoms. The molecule has 1 aromatic heterocycles. The maximum Gasteiger partial charge on any atom is 0.347 e. The van der Waals surface area contributed by atoms with Crippen LogP contribution < -0.4 is 15.1 Å². The Kier molecular flexibility index (Phi) is 4.28. The van der Waals surface area contributed by atoms with Crippen LogP contribution in [0.15, 0.2) is 38.7 Å². The Labute approximate surface area is 201 Å². The molecule has 4 N–H and O–H groups in total. The van der Waals surface area contributed by atoms with Crippen molar-refractivity contribution in [3.63, 3.8) is 0 Å². The smallest absolute Gasteiger partial charge is 0.347 e. The second-order valence-electron chi connectivity index (χ2n) is 8.84. The summed E-state index contributed by atoms with van der Waals surface area (Å²) in [5.41, 5.74) is -1.77. The first-order chi connectivity index (χ1) is 17.1. The van der Waals surface area contributed by atoms with E-state index in [9.17, 15) is 34.8 Å². The number of phenols is 3. The predicted octanol–water partition coefficient (Wildman–Crippen LogP) is 1.97. The summed E-state index contributed by atoms with van der Waals surface area (Å²) in [6, 6.07) is 4.21. The number of benzene rings is 2. The molecule has 0 bridgehead atoms. The number of carbonyl (C=O) groups excluding carboxylic acids is 2. The van der Waals surface area contributed by atoms with Gasteiger partial charge in [-0.15, -0.1) is 0 Å². The summed E-state index contributed by atoms with van der Waals surface area (Å²) in [6.07, 6.45) is -1.63. The molecule has 2 aliphatic heterocycles. The first-order valence-electron chi connectivity index (χ1n) is 10.9. The Morgan fingerprint density at radius 3 is 2.47 bits per heavy atom. The molecule has 1 spiro atoms. The average molecular weight is 494 g/mol. The van der Waals surface area contributed by atoms with Gasteiger partial charge >= 0.3 is 5.63 Å². The monoisotopic (exact) mass is 494 g/mol. The van der Waals surface area contributed by atoms with E-state index in [1.807, 2.05) is 0 Å². The summed E-state index contributed by atoms with van der Waals surface area (Å²) in [5, 5.41) is 43.3. The number of ether oxygens (including phenoxy) is 3. The fraction of sp³-hybridized carbons (Fsp3) is 0.240. The number of fused-ring (bicyclic) bond motifs is 3. The fourth-order valence-electron chi connectivity index (χ4n) is 5.11. The molecular formula is C25H18O11. The minimum Gasteiger partial charge on any atom is -0.507 e. The van der Waals surface area contributed by atoms with Crippen LogP contribution in [0.1, 0.15) is 38.5 Å². The number of carbonyl (C=O) groups is 2. The van der Waals surface area contributed by atoms with Crippen LogP contribution in [0.4, 0.5) is 0 Å². The molecular weight excluding hydrogens is 476 g/mol. The lowest BCUT2D eigenvalue weighted by Crippen LogP contribution is -2.49. The highest BCUT2D eigenvalue weighted by Gasteiger charge is 2.59. The lowest BCUT2D eigenvalue weighted by Gasteiger charge is -2.37. The van der Waals surface area contributed by atoms with Crippen molar-refractivity contribution in [1.82, 2.24) is 0 Å². The van der Waals surface area contributed by atoms with E-state index >= 15 is 0 Å². The molecule has 184 valence electrons. The number of aromatic hydroxyl groups is 3. The molecule has 11 heteroatoms. The number of allylic oxidation sites excluding steroid dienone is 1. The number of aliphatic hydroxyl groups excluding tert-OH is 1. The van der Waals surface area contributed by atoms with E-state index in [4.69, 9.17) is 18.6 Å². The zero-order chi connectivity index (χ0) is 25.7. The molecule has 2 aromatic carbocycles. The Balaban J connectivity index is 1.46. The fourth-order valence-corrected chi connectivity index (χ4v) is 5.11. The number of aryl methyl sites for hydroxylation is 2. The van der Waals surface area contributed by atoms with Gasteiger partial charge in [0.15, 0.2) is 40.6 Å². The van der Waals surface area contributed by atoms with E-state index in [0.29, 0.717) is 16.7 Å². The van der Waals surface area contributed by atoms with Crippen molar-refractivity contribution >= 4 is 22.3 Å². The standard InChI is InChI=1S/C25H18O11/c1-8-5-10-6-9-3-4-25(35-21(9)19(29)13(10)24(32)34-8)23(31)16-18(28)14-11(26)7-12(33-2)17(27)15(14)20(30)22(16)36-25/h5-7,23,26-27,29,31H,3-4H2,1-2H3. The summed E-state index contributed by atoms with van der Waals surface area (Å²) >= 11 is 0. The van der Waals surface area contributed by atoms with Crippen LogP contribution in [0.5, 0.6) is 28.7 Å². The van der Waals surface area contributed by atoms with Gasteiger partial charge in [-0.1, -0.05) is 0 Å². The van der Waals surface area contributed by atoms with Crippen molar-refractivity contribution in [1.29, 1.82) is 0 Å². The minimum absolute atomic E-state index is 0.0300. The van der Waals surface area contributed by atoms with Crippen LogP contribution in [-0.2, 0) is 11.2 Å². The summed E-state index contributed by atoms with van der Waals surface area (Å²) < 4.78 is 21.7. The molecule has 3 heterocycles. The van der Waals surface area contributed by atoms with Gasteiger partial charge in [0.2, 0.25) is 5.78 Å². The quantitative estimate of drug-likeness (QED) is 0.364. The van der Waals surface area contributed by atoms with E-state index in [1.54, 1.807) is 19.1 Å². The van der Waals surface area contributed by atoms with E-state index in [2.05, 4.69) is 0 Å². The van der Waals surface area contributed by atoms with Crippen molar-refractivity contribution in [3.05, 3.63) is 62.4 Å². The minimum atomic E-state index is -1.99. The van der Waals surface area contributed by atoms with Gasteiger partial charge in [-0.05, 0) is 36.4 Å². The first-order valence-corrected chi connectivity index (χ1v) is 10.9. The van der Waals surface area contributed by atoms with Crippen LogP contribution in [0.2, 0.25) is 0 Å². The van der Waals surface area contributed by atoms with Crippen LogP contribution in [0, 0.1) is 6.92 Å². The van der Waals surface area contributed by atoms with Gasteiger partial charge in [-0.3, -0.25) is 9.59 Å². The Morgan fingerprint density at radius 2 is 1.75 bits per heavy atom. The van der Waals surface area contributed by atoms with Gasteiger partial charge in [0.25, 0.3) is 5.79 Å². The zero-order valence-corrected chi connectivity index (χ0v) is 18.9. The zero-order valence-electron chi connectivity index (χ0n) is 18.9. The summed E-state index contributed by atoms with van der Waals surface area (Å²) in [6.45, 7) is 1.60. The van der Waals surface area contributed by atoms with Crippen molar-refractivity contribution in [3.8, 4) is 28.7 Å². The molecule has 0 saturated heterocycles. The van der Waals surface area contributed by atoms with E-state index < -0.39 is 68.8 Å². The molecule has 6 rings (SSSR count). The van der Waals surface area contributed by atoms with Crippen molar-refractivity contribution in [2.24, 2.45) is 0 Å². The molecule has 0 saturated carbocycles. The summed E-state index contributed by atoms with van der Waals surface area (Å²) in [4.78, 5) is 39.0. The summed E-state index contributed by atoms with van der Waals surface area (Å²) in [7, 11) is 1.21. The molecule has 3 aromatic rings.